The number of methoxy groups -OCH3 is 1. The quantitative estimate of drug-likeness (QED) is 0.705. The van der Waals surface area contributed by atoms with Crippen LogP contribution in [0.25, 0.3) is 11.0 Å². The van der Waals surface area contributed by atoms with Crippen molar-refractivity contribution >= 4 is 22.8 Å². The average Bonchev–Trinajstić information content (AvgIpc) is 3.23. The summed E-state index contributed by atoms with van der Waals surface area (Å²) in [5, 5.41) is 21.1. The van der Waals surface area contributed by atoms with Crippen LogP contribution in [0.15, 0.2) is 47.1 Å². The zero-order chi connectivity index (χ0) is 19.2. The number of aliphatic hydroxyl groups is 1. The van der Waals surface area contributed by atoms with E-state index in [9.17, 15) is 19.8 Å². The van der Waals surface area contributed by atoms with Crippen LogP contribution in [0.4, 0.5) is 0 Å². The highest BCUT2D eigenvalue weighted by Crippen LogP contribution is 2.33. The van der Waals surface area contributed by atoms with E-state index in [0.29, 0.717) is 22.3 Å². The maximum absolute atomic E-state index is 12.7. The molecule has 1 amide bonds. The number of hydrogen-bond donors (Lipinski definition) is 2. The molecule has 0 spiro atoms. The van der Waals surface area contributed by atoms with Crippen molar-refractivity contribution in [1.29, 1.82) is 0 Å². The molecule has 27 heavy (non-hydrogen) atoms. The Hall–Kier alpha value is -3.39. The summed E-state index contributed by atoms with van der Waals surface area (Å²) in [6.07, 6.45) is 3.01. The molecule has 3 aromatic rings. The molecule has 8 nitrogen and oxygen atoms in total. The van der Waals surface area contributed by atoms with Gasteiger partial charge in [0.2, 0.25) is 5.60 Å². The van der Waals surface area contributed by atoms with E-state index in [1.165, 1.54) is 30.5 Å². The van der Waals surface area contributed by atoms with Crippen molar-refractivity contribution in [2.75, 3.05) is 13.7 Å². The van der Waals surface area contributed by atoms with E-state index in [2.05, 4.69) is 4.98 Å². The molecule has 8 heteroatoms. The molecule has 3 heterocycles. The molecule has 2 aromatic heterocycles. The Balaban J connectivity index is 1.68. The van der Waals surface area contributed by atoms with Crippen molar-refractivity contribution in [2.45, 2.75) is 12.1 Å². The van der Waals surface area contributed by atoms with Gasteiger partial charge in [-0.3, -0.25) is 9.78 Å². The molecular weight excluding hydrogens is 352 g/mol. The number of carboxylic acid groups (broad SMARTS) is 1. The van der Waals surface area contributed by atoms with Gasteiger partial charge in [0.05, 0.1) is 13.7 Å². The van der Waals surface area contributed by atoms with Crippen molar-refractivity contribution in [2.24, 2.45) is 0 Å². The third-order valence-electron chi connectivity index (χ3n) is 4.69. The number of fused-ring (bicyclic) bond motifs is 2. The lowest BCUT2D eigenvalue weighted by Crippen LogP contribution is -2.46. The maximum Gasteiger partial charge on any atom is 0.345 e. The highest BCUT2D eigenvalue weighted by molar-refractivity contribution is 5.99. The second-order valence-electron chi connectivity index (χ2n) is 6.37. The summed E-state index contributed by atoms with van der Waals surface area (Å²) in [7, 11) is 1.50. The summed E-state index contributed by atoms with van der Waals surface area (Å²) in [4.78, 5) is 29.8. The van der Waals surface area contributed by atoms with Crippen LogP contribution in [0, 0.1) is 0 Å². The summed E-state index contributed by atoms with van der Waals surface area (Å²) in [6, 6.07) is 8.08. The lowest BCUT2D eigenvalue weighted by molar-refractivity contribution is -0.163. The molecule has 0 saturated heterocycles. The number of carboxylic acids is 1. The second-order valence-corrected chi connectivity index (χ2v) is 6.37. The predicted octanol–water partition coefficient (Wildman–Crippen LogP) is 1.76. The standard InChI is InChI=1S/C19H16N2O6/c1-26-13-3-2-11-9-21(17(22)14(11)7-13)10-19(25,18(23)24)16-6-12-8-20-5-4-15(12)27-16/h2-8,25H,9-10H2,1H3,(H,23,24)/t19-/m0/s1. The Bertz CT molecular complexity index is 1030. The summed E-state index contributed by atoms with van der Waals surface area (Å²) in [5.74, 6) is -1.50. The first-order chi connectivity index (χ1) is 12.9. The van der Waals surface area contributed by atoms with Gasteiger partial charge in [0.25, 0.3) is 5.91 Å². The van der Waals surface area contributed by atoms with Gasteiger partial charge in [0.15, 0.2) is 0 Å². The van der Waals surface area contributed by atoms with Gasteiger partial charge >= 0.3 is 5.97 Å². The van der Waals surface area contributed by atoms with Crippen molar-refractivity contribution in [3.63, 3.8) is 0 Å². The van der Waals surface area contributed by atoms with Gasteiger partial charge in [-0.1, -0.05) is 6.07 Å². The molecule has 0 radical (unpaired) electrons. The van der Waals surface area contributed by atoms with Gasteiger partial charge in [-0.2, -0.15) is 0 Å². The molecule has 0 aliphatic carbocycles. The van der Waals surface area contributed by atoms with Gasteiger partial charge in [-0.15, -0.1) is 0 Å². The van der Waals surface area contributed by atoms with Crippen LogP contribution < -0.4 is 4.74 Å². The molecule has 1 atom stereocenters. The summed E-state index contributed by atoms with van der Waals surface area (Å²) in [5.41, 5.74) is -0.820. The number of hydrogen-bond acceptors (Lipinski definition) is 6. The number of aromatic nitrogens is 1. The third-order valence-corrected chi connectivity index (χ3v) is 4.69. The number of β-amino-alcohol motifs (C(OH)–C–C–N with tert-alkyl or cyclic N) is 1. The minimum absolute atomic E-state index is 0.153. The highest BCUT2D eigenvalue weighted by Gasteiger charge is 2.46. The van der Waals surface area contributed by atoms with Crippen molar-refractivity contribution in [3.8, 4) is 5.75 Å². The van der Waals surface area contributed by atoms with E-state index in [1.807, 2.05) is 0 Å². The lowest BCUT2D eigenvalue weighted by atomic mass is 10.00. The minimum atomic E-state index is -2.39. The fraction of sp³-hybridized carbons (Fsp3) is 0.211. The molecule has 138 valence electrons. The second kappa shape index (κ2) is 6.10. The lowest BCUT2D eigenvalue weighted by Gasteiger charge is -2.26. The average molecular weight is 368 g/mol. The zero-order valence-electron chi connectivity index (χ0n) is 14.4. The summed E-state index contributed by atoms with van der Waals surface area (Å²) >= 11 is 0. The molecule has 0 saturated carbocycles. The van der Waals surface area contributed by atoms with E-state index in [4.69, 9.17) is 9.15 Å². The third kappa shape index (κ3) is 2.70. The monoisotopic (exact) mass is 368 g/mol. The number of amides is 1. The fourth-order valence-corrected chi connectivity index (χ4v) is 3.21. The molecule has 2 N–H and O–H groups in total. The summed E-state index contributed by atoms with van der Waals surface area (Å²) in [6.45, 7) is -0.263. The van der Waals surface area contributed by atoms with Crippen LogP contribution >= 0.6 is 0 Å². The normalized spacial score (nSPS) is 15.6. The van der Waals surface area contributed by atoms with Crippen LogP contribution in [0.5, 0.6) is 5.75 Å². The Labute approximate surface area is 153 Å². The summed E-state index contributed by atoms with van der Waals surface area (Å²) < 4.78 is 10.7. The molecule has 0 fully saturated rings. The topological polar surface area (TPSA) is 113 Å². The van der Waals surface area contributed by atoms with E-state index < -0.39 is 18.1 Å². The smallest absolute Gasteiger partial charge is 0.345 e. The van der Waals surface area contributed by atoms with Crippen molar-refractivity contribution in [3.05, 3.63) is 59.6 Å². The van der Waals surface area contributed by atoms with Crippen LogP contribution in [0.1, 0.15) is 21.7 Å². The number of benzene rings is 1. The zero-order valence-corrected chi connectivity index (χ0v) is 14.4. The Kier molecular flexibility index (Phi) is 3.85. The van der Waals surface area contributed by atoms with Crippen molar-refractivity contribution < 1.29 is 29.0 Å². The number of carbonyl (C=O) groups excluding carboxylic acids is 1. The molecule has 4 rings (SSSR count). The van der Waals surface area contributed by atoms with E-state index in [1.54, 1.807) is 24.3 Å². The molecule has 1 aliphatic rings. The maximum atomic E-state index is 12.7. The van der Waals surface area contributed by atoms with E-state index in [0.717, 1.165) is 5.56 Å². The first kappa shape index (κ1) is 17.0. The van der Waals surface area contributed by atoms with Crippen LogP contribution in [0.2, 0.25) is 0 Å². The largest absolute Gasteiger partial charge is 0.497 e. The number of furan rings is 1. The van der Waals surface area contributed by atoms with E-state index in [-0.39, 0.29) is 18.2 Å². The van der Waals surface area contributed by atoms with Crippen LogP contribution in [0.3, 0.4) is 0 Å². The number of ether oxygens (including phenoxy) is 1. The van der Waals surface area contributed by atoms with E-state index >= 15 is 0 Å². The highest BCUT2D eigenvalue weighted by atomic mass is 16.5. The first-order valence-electron chi connectivity index (χ1n) is 8.18. The van der Waals surface area contributed by atoms with Crippen LogP contribution in [-0.4, -0.2) is 45.6 Å². The van der Waals surface area contributed by atoms with Gasteiger partial charge in [0, 0.05) is 29.9 Å². The van der Waals surface area contributed by atoms with Crippen LogP contribution in [-0.2, 0) is 16.9 Å². The molecular formula is C19H16N2O6. The van der Waals surface area contributed by atoms with Gasteiger partial charge in [0.1, 0.15) is 17.1 Å². The predicted molar refractivity (Wildman–Crippen MR) is 93.3 cm³/mol. The van der Waals surface area contributed by atoms with Gasteiger partial charge < -0.3 is 24.3 Å². The number of rotatable bonds is 5. The molecule has 0 bridgehead atoms. The van der Waals surface area contributed by atoms with Gasteiger partial charge in [-0.05, 0) is 29.8 Å². The minimum Gasteiger partial charge on any atom is -0.497 e. The SMILES string of the molecule is COc1ccc2c(c1)C(=O)N(C[C@@](O)(C(=O)O)c1cc3cnccc3o1)C2. The molecule has 1 aliphatic heterocycles. The number of pyridine rings is 1. The Morgan fingerprint density at radius 3 is 2.89 bits per heavy atom. The fourth-order valence-electron chi connectivity index (χ4n) is 3.21. The molecule has 1 aromatic carbocycles. The number of aliphatic carboxylic acids is 1. The number of carbonyl (C=O) groups is 2. The number of nitrogens with zero attached hydrogens (tertiary/aromatic N) is 2. The van der Waals surface area contributed by atoms with Crippen molar-refractivity contribution in [1.82, 2.24) is 9.88 Å². The Morgan fingerprint density at radius 2 is 2.19 bits per heavy atom. The first-order valence-corrected chi connectivity index (χ1v) is 8.18. The van der Waals surface area contributed by atoms with Gasteiger partial charge in [-0.25, -0.2) is 4.79 Å². The molecule has 0 unspecified atom stereocenters. The Morgan fingerprint density at radius 1 is 1.37 bits per heavy atom.